The standard InChI is InChI=1S/C12H21N3O5/c1-3-8(2)9(16)6-15(7-12(19)20)11(18)5-14-10(17)4-13/h8H,3-7,13H2,1-2H3,(H,14,17)(H,19,20). The van der Waals surface area contributed by atoms with E-state index in [0.717, 1.165) is 4.90 Å². The second-order valence-corrected chi connectivity index (χ2v) is 4.40. The summed E-state index contributed by atoms with van der Waals surface area (Å²) < 4.78 is 0. The first-order valence-corrected chi connectivity index (χ1v) is 6.30. The van der Waals surface area contributed by atoms with Gasteiger partial charge in [0.25, 0.3) is 0 Å². The van der Waals surface area contributed by atoms with E-state index in [1.54, 1.807) is 6.92 Å². The quantitative estimate of drug-likeness (QED) is 0.477. The Kier molecular flexibility index (Phi) is 8.14. The van der Waals surface area contributed by atoms with E-state index in [0.29, 0.717) is 6.42 Å². The molecule has 0 aromatic carbocycles. The molecule has 0 saturated heterocycles. The van der Waals surface area contributed by atoms with Crippen LogP contribution in [0, 0.1) is 5.92 Å². The molecule has 0 aliphatic carbocycles. The van der Waals surface area contributed by atoms with Crippen molar-refractivity contribution >= 4 is 23.6 Å². The number of nitrogens with zero attached hydrogens (tertiary/aromatic N) is 1. The molecule has 0 aliphatic heterocycles. The largest absolute Gasteiger partial charge is 0.480 e. The number of rotatable bonds is 9. The lowest BCUT2D eigenvalue weighted by Gasteiger charge is -2.21. The lowest BCUT2D eigenvalue weighted by Crippen LogP contribution is -2.46. The van der Waals surface area contributed by atoms with Crippen molar-refractivity contribution in [2.45, 2.75) is 20.3 Å². The van der Waals surface area contributed by atoms with Crippen LogP contribution in [-0.4, -0.2) is 59.8 Å². The monoisotopic (exact) mass is 287 g/mol. The van der Waals surface area contributed by atoms with Gasteiger partial charge in [0.1, 0.15) is 6.54 Å². The van der Waals surface area contributed by atoms with Gasteiger partial charge in [-0.05, 0) is 6.42 Å². The van der Waals surface area contributed by atoms with E-state index in [4.69, 9.17) is 10.8 Å². The van der Waals surface area contributed by atoms with Crippen molar-refractivity contribution in [3.05, 3.63) is 0 Å². The van der Waals surface area contributed by atoms with Gasteiger partial charge in [-0.25, -0.2) is 0 Å². The van der Waals surface area contributed by atoms with Crippen LogP contribution in [-0.2, 0) is 19.2 Å². The van der Waals surface area contributed by atoms with Crippen LogP contribution >= 0.6 is 0 Å². The van der Waals surface area contributed by atoms with Crippen LogP contribution in [0.2, 0.25) is 0 Å². The Hall–Kier alpha value is -1.96. The zero-order valence-electron chi connectivity index (χ0n) is 11.7. The number of nitrogens with one attached hydrogen (secondary N) is 1. The van der Waals surface area contributed by atoms with Crippen LogP contribution in [0.4, 0.5) is 0 Å². The Balaban J connectivity index is 4.62. The van der Waals surface area contributed by atoms with Gasteiger partial charge in [-0.2, -0.15) is 0 Å². The summed E-state index contributed by atoms with van der Waals surface area (Å²) >= 11 is 0. The smallest absolute Gasteiger partial charge is 0.323 e. The minimum atomic E-state index is -1.22. The highest BCUT2D eigenvalue weighted by molar-refractivity contribution is 5.91. The number of carbonyl (C=O) groups excluding carboxylic acids is 3. The van der Waals surface area contributed by atoms with Crippen molar-refractivity contribution < 1.29 is 24.3 Å². The second-order valence-electron chi connectivity index (χ2n) is 4.40. The second kappa shape index (κ2) is 9.03. The number of aliphatic carboxylic acids is 1. The molecule has 0 radical (unpaired) electrons. The number of carboxylic acid groups (broad SMARTS) is 1. The lowest BCUT2D eigenvalue weighted by molar-refractivity contribution is -0.145. The number of ketones is 1. The summed E-state index contributed by atoms with van der Waals surface area (Å²) in [5.74, 6) is -2.85. The van der Waals surface area contributed by atoms with Crippen LogP contribution in [0.15, 0.2) is 0 Å². The SMILES string of the molecule is CCC(C)C(=O)CN(CC(=O)O)C(=O)CNC(=O)CN. The van der Waals surface area contributed by atoms with Crippen molar-refractivity contribution in [3.63, 3.8) is 0 Å². The maximum atomic E-state index is 11.8. The van der Waals surface area contributed by atoms with E-state index in [1.807, 2.05) is 6.92 Å². The van der Waals surface area contributed by atoms with Crippen molar-refractivity contribution in [2.75, 3.05) is 26.2 Å². The first-order chi connectivity index (χ1) is 9.31. The molecule has 0 rings (SSSR count). The highest BCUT2D eigenvalue weighted by Crippen LogP contribution is 2.04. The summed E-state index contributed by atoms with van der Waals surface area (Å²) in [6, 6.07) is 0. The maximum absolute atomic E-state index is 11.8. The van der Waals surface area contributed by atoms with Gasteiger partial charge < -0.3 is 21.1 Å². The maximum Gasteiger partial charge on any atom is 0.323 e. The Morgan fingerprint density at radius 3 is 2.30 bits per heavy atom. The summed E-state index contributed by atoms with van der Waals surface area (Å²) in [6.45, 7) is 2.03. The molecule has 0 bridgehead atoms. The van der Waals surface area contributed by atoms with Crippen molar-refractivity contribution in [3.8, 4) is 0 Å². The Labute approximate surface area is 117 Å². The molecule has 0 saturated carbocycles. The normalized spacial score (nSPS) is 11.6. The minimum Gasteiger partial charge on any atom is -0.480 e. The first-order valence-electron chi connectivity index (χ1n) is 6.30. The average Bonchev–Trinajstić information content (AvgIpc) is 2.41. The Bertz CT molecular complexity index is 383. The van der Waals surface area contributed by atoms with Crippen molar-refractivity contribution in [1.29, 1.82) is 0 Å². The Morgan fingerprint density at radius 2 is 1.85 bits per heavy atom. The number of carbonyl (C=O) groups is 4. The predicted octanol–water partition coefficient (Wildman–Crippen LogP) is -1.41. The fourth-order valence-electron chi connectivity index (χ4n) is 1.33. The van der Waals surface area contributed by atoms with E-state index in [-0.39, 0.29) is 31.3 Å². The third kappa shape index (κ3) is 6.83. The van der Waals surface area contributed by atoms with Gasteiger partial charge in [0.15, 0.2) is 5.78 Å². The molecule has 4 N–H and O–H groups in total. The van der Waals surface area contributed by atoms with Crippen LogP contribution in [0.1, 0.15) is 20.3 Å². The molecule has 1 unspecified atom stereocenters. The third-order valence-electron chi connectivity index (χ3n) is 2.81. The van der Waals surface area contributed by atoms with Gasteiger partial charge in [-0.3, -0.25) is 19.2 Å². The van der Waals surface area contributed by atoms with Gasteiger partial charge in [0, 0.05) is 5.92 Å². The topological polar surface area (TPSA) is 130 Å². The van der Waals surface area contributed by atoms with Gasteiger partial charge in [0.05, 0.1) is 19.6 Å². The summed E-state index contributed by atoms with van der Waals surface area (Å²) in [5.41, 5.74) is 5.07. The van der Waals surface area contributed by atoms with Crippen LogP contribution in [0.25, 0.3) is 0 Å². The fourth-order valence-corrected chi connectivity index (χ4v) is 1.33. The van der Waals surface area contributed by atoms with Crippen LogP contribution in [0.5, 0.6) is 0 Å². The zero-order chi connectivity index (χ0) is 15.7. The first kappa shape index (κ1) is 18.0. The highest BCUT2D eigenvalue weighted by Gasteiger charge is 2.22. The molecule has 8 nitrogen and oxygen atoms in total. The zero-order valence-corrected chi connectivity index (χ0v) is 11.7. The number of carboxylic acids is 1. The summed E-state index contributed by atoms with van der Waals surface area (Å²) in [5, 5.41) is 11.0. The molecule has 0 aromatic heterocycles. The molecular formula is C12H21N3O5. The van der Waals surface area contributed by atoms with Gasteiger partial charge in [0.2, 0.25) is 11.8 Å². The molecule has 0 spiro atoms. The molecule has 20 heavy (non-hydrogen) atoms. The molecule has 0 fully saturated rings. The fraction of sp³-hybridized carbons (Fsp3) is 0.667. The molecular weight excluding hydrogens is 266 g/mol. The van der Waals surface area contributed by atoms with E-state index >= 15 is 0 Å². The van der Waals surface area contributed by atoms with E-state index < -0.39 is 24.3 Å². The molecule has 114 valence electrons. The number of nitrogens with two attached hydrogens (primary N) is 1. The summed E-state index contributed by atoms with van der Waals surface area (Å²) in [7, 11) is 0. The summed E-state index contributed by atoms with van der Waals surface area (Å²) in [6.07, 6.45) is 0.609. The number of hydrogen-bond donors (Lipinski definition) is 3. The number of amides is 2. The van der Waals surface area contributed by atoms with Gasteiger partial charge in [-0.1, -0.05) is 13.8 Å². The Morgan fingerprint density at radius 1 is 1.25 bits per heavy atom. The van der Waals surface area contributed by atoms with E-state index in [1.165, 1.54) is 0 Å². The highest BCUT2D eigenvalue weighted by atomic mass is 16.4. The number of Topliss-reactive ketones (excluding diaryl/α,β-unsaturated/α-hetero) is 1. The average molecular weight is 287 g/mol. The molecule has 1 atom stereocenters. The molecule has 0 aliphatic rings. The summed E-state index contributed by atoms with van der Waals surface area (Å²) in [4.78, 5) is 46.1. The van der Waals surface area contributed by atoms with Crippen molar-refractivity contribution in [2.24, 2.45) is 11.7 Å². The van der Waals surface area contributed by atoms with Gasteiger partial charge in [-0.15, -0.1) is 0 Å². The van der Waals surface area contributed by atoms with Crippen LogP contribution in [0.3, 0.4) is 0 Å². The third-order valence-corrected chi connectivity index (χ3v) is 2.81. The van der Waals surface area contributed by atoms with E-state index in [2.05, 4.69) is 5.32 Å². The molecule has 8 heteroatoms. The number of hydrogen-bond acceptors (Lipinski definition) is 5. The van der Waals surface area contributed by atoms with Crippen molar-refractivity contribution in [1.82, 2.24) is 10.2 Å². The molecule has 0 heterocycles. The molecule has 0 aromatic rings. The molecule has 2 amide bonds. The predicted molar refractivity (Wildman–Crippen MR) is 70.7 cm³/mol. The minimum absolute atomic E-state index is 0.216. The van der Waals surface area contributed by atoms with Crippen LogP contribution < -0.4 is 11.1 Å². The lowest BCUT2D eigenvalue weighted by atomic mass is 10.0. The van der Waals surface area contributed by atoms with Gasteiger partial charge >= 0.3 is 5.97 Å². The van der Waals surface area contributed by atoms with E-state index in [9.17, 15) is 19.2 Å².